The summed E-state index contributed by atoms with van der Waals surface area (Å²) in [6.45, 7) is 1.79. The molecule has 0 aromatic rings. The van der Waals surface area contributed by atoms with Gasteiger partial charge in [0, 0.05) is 18.8 Å². The molecule has 0 heterocycles. The highest BCUT2D eigenvalue weighted by atomic mass is 16.4. The average Bonchev–Trinajstić information content (AvgIpc) is 2.59. The number of carbonyl (C=O) groups is 2. The van der Waals surface area contributed by atoms with E-state index in [0.717, 1.165) is 0 Å². The first kappa shape index (κ1) is 9.13. The van der Waals surface area contributed by atoms with Gasteiger partial charge in [-0.1, -0.05) is 19.0 Å². The van der Waals surface area contributed by atoms with Gasteiger partial charge in [0.1, 0.15) is 5.78 Å². The van der Waals surface area contributed by atoms with Crippen molar-refractivity contribution in [1.29, 1.82) is 0 Å². The van der Waals surface area contributed by atoms with Gasteiger partial charge in [-0.25, -0.2) is 0 Å². The maximum atomic E-state index is 11.7. The van der Waals surface area contributed by atoms with Crippen molar-refractivity contribution in [3.63, 3.8) is 0 Å². The molecule has 84 valence electrons. The van der Waals surface area contributed by atoms with Gasteiger partial charge in [0.05, 0.1) is 2.74 Å². The lowest BCUT2D eigenvalue weighted by atomic mass is 9.89. The van der Waals surface area contributed by atoms with Crippen molar-refractivity contribution in [2.24, 2.45) is 11.8 Å². The first-order valence-corrected chi connectivity index (χ1v) is 5.35. The Morgan fingerprint density at radius 3 is 3.00 bits per heavy atom. The zero-order valence-corrected chi connectivity index (χ0v) is 8.95. The summed E-state index contributed by atoms with van der Waals surface area (Å²) in [5.74, 6) is -1.38. The summed E-state index contributed by atoms with van der Waals surface area (Å²) in [4.78, 5) is 22.3. The van der Waals surface area contributed by atoms with Gasteiger partial charge >= 0.3 is 5.97 Å². The lowest BCUT2D eigenvalue weighted by Crippen LogP contribution is -2.17. The van der Waals surface area contributed by atoms with Crippen molar-refractivity contribution < 1.29 is 17.4 Å². The van der Waals surface area contributed by atoms with Crippen molar-refractivity contribution in [2.45, 2.75) is 39.0 Å². The molecule has 15 heavy (non-hydrogen) atoms. The number of carboxylic acid groups (broad SMARTS) is 1. The first-order valence-electron chi connectivity index (χ1n) is 6.35. The Bertz CT molecular complexity index is 350. The fraction of sp³-hybridized carbons (Fsp3) is 0.667. The van der Waals surface area contributed by atoms with Crippen LogP contribution in [0.15, 0.2) is 12.1 Å². The number of carbonyl (C=O) groups excluding carboxylic acids is 1. The number of aliphatic carboxylic acids is 1. The lowest BCUT2D eigenvalue weighted by Gasteiger charge is -2.14. The second-order valence-electron chi connectivity index (χ2n) is 3.88. The fourth-order valence-electron chi connectivity index (χ4n) is 2.03. The van der Waals surface area contributed by atoms with E-state index in [-0.39, 0.29) is 42.6 Å². The normalized spacial score (nSPS) is 29.5. The second-order valence-corrected chi connectivity index (χ2v) is 3.88. The van der Waals surface area contributed by atoms with Gasteiger partial charge in [-0.05, 0) is 25.2 Å². The summed E-state index contributed by atoms with van der Waals surface area (Å²) >= 11 is 0. The molecule has 0 aliphatic heterocycles. The Morgan fingerprint density at radius 2 is 2.40 bits per heavy atom. The van der Waals surface area contributed by atoms with Gasteiger partial charge in [0.15, 0.2) is 0 Å². The molecule has 0 radical (unpaired) electrons. The molecule has 0 saturated heterocycles. The Kier molecular flexibility index (Phi) is 3.46. The van der Waals surface area contributed by atoms with Crippen molar-refractivity contribution in [3.8, 4) is 0 Å². The van der Waals surface area contributed by atoms with Crippen molar-refractivity contribution in [3.05, 3.63) is 12.1 Å². The smallest absolute Gasteiger partial charge is 0.303 e. The molecule has 0 spiro atoms. The maximum absolute atomic E-state index is 11.7. The molecule has 1 aliphatic carbocycles. The quantitative estimate of drug-likeness (QED) is 0.712. The van der Waals surface area contributed by atoms with Crippen LogP contribution in [-0.4, -0.2) is 16.9 Å². The van der Waals surface area contributed by atoms with Crippen LogP contribution in [0.1, 0.15) is 41.8 Å². The van der Waals surface area contributed by atoms with E-state index in [4.69, 9.17) is 7.85 Å². The average molecular weight is 212 g/mol. The molecule has 3 nitrogen and oxygen atoms in total. The van der Waals surface area contributed by atoms with Gasteiger partial charge in [0.2, 0.25) is 0 Å². The summed E-state index contributed by atoms with van der Waals surface area (Å²) in [5.41, 5.74) is 0. The summed E-state index contributed by atoms with van der Waals surface area (Å²) in [5, 5.41) is 8.76. The predicted molar refractivity (Wildman–Crippen MR) is 57.5 cm³/mol. The minimum atomic E-state index is -0.896. The Hall–Kier alpha value is -1.12. The van der Waals surface area contributed by atoms with Crippen LogP contribution in [0.5, 0.6) is 0 Å². The summed E-state index contributed by atoms with van der Waals surface area (Å²) in [7, 11) is 0. The molecule has 0 aromatic carbocycles. The molecule has 1 aliphatic rings. The van der Waals surface area contributed by atoms with E-state index < -0.39 is 5.97 Å². The first-order chi connectivity index (χ1) is 7.95. The van der Waals surface area contributed by atoms with Gasteiger partial charge in [-0.2, -0.15) is 0 Å². The lowest BCUT2D eigenvalue weighted by molar-refractivity contribution is -0.138. The highest BCUT2D eigenvalue weighted by molar-refractivity contribution is 5.84. The number of carboxylic acids is 1. The van der Waals surface area contributed by atoms with Crippen LogP contribution in [-0.2, 0) is 9.59 Å². The maximum Gasteiger partial charge on any atom is 0.303 e. The molecule has 2 atom stereocenters. The molecule has 0 aromatic heterocycles. The van der Waals surface area contributed by atoms with E-state index in [2.05, 4.69) is 0 Å². The summed E-state index contributed by atoms with van der Waals surface area (Å²) < 4.78 is 15.2. The van der Waals surface area contributed by atoms with E-state index >= 15 is 0 Å². The Morgan fingerprint density at radius 1 is 1.67 bits per heavy atom. The van der Waals surface area contributed by atoms with Crippen LogP contribution in [0.4, 0.5) is 0 Å². The van der Waals surface area contributed by atoms with Crippen LogP contribution in [0.3, 0.4) is 0 Å². The largest absolute Gasteiger partial charge is 0.481 e. The molecule has 0 amide bonds. The number of allylic oxidation sites excluding steroid dienone is 2. The molecule has 1 fully saturated rings. The monoisotopic (exact) mass is 212 g/mol. The van der Waals surface area contributed by atoms with E-state index in [1.807, 2.05) is 0 Å². The van der Waals surface area contributed by atoms with Gasteiger partial charge < -0.3 is 5.11 Å². The molecule has 3 heteroatoms. The van der Waals surface area contributed by atoms with Crippen LogP contribution in [0.25, 0.3) is 0 Å². The van der Waals surface area contributed by atoms with E-state index in [1.54, 1.807) is 6.92 Å². The van der Waals surface area contributed by atoms with Crippen molar-refractivity contribution in [1.82, 2.24) is 0 Å². The Balaban J connectivity index is 2.72. The van der Waals surface area contributed by atoms with Crippen LogP contribution in [0, 0.1) is 11.8 Å². The number of hydrogen-bond acceptors (Lipinski definition) is 2. The topological polar surface area (TPSA) is 54.4 Å². The van der Waals surface area contributed by atoms with E-state index in [9.17, 15) is 9.59 Å². The highest BCUT2D eigenvalue weighted by Gasteiger charge is 2.34. The molecule has 1 N–H and O–H groups in total. The van der Waals surface area contributed by atoms with E-state index in [0.29, 0.717) is 19.3 Å². The van der Waals surface area contributed by atoms with Crippen LogP contribution < -0.4 is 0 Å². The minimum Gasteiger partial charge on any atom is -0.481 e. The standard InChI is InChI=1S/C12H18O3/c1-2-3-4-5-10-9(8-12(14)15)6-7-11(10)13/h3-4,9-10H,2,5-8H2,1H3,(H,14,15)/b4-3-/t9-,10-/m0/s1/i3D,4D. The molecule has 0 bridgehead atoms. The molecule has 1 rings (SSSR count). The van der Waals surface area contributed by atoms with Crippen LogP contribution >= 0.6 is 0 Å². The SMILES string of the molecule is [2H]/C(CC)=C(\[2H])C[C@@H]1C(=O)CC[C@H]1CC(=O)O. The summed E-state index contributed by atoms with van der Waals surface area (Å²) in [6.07, 6.45) is 1.70. The third-order valence-electron chi connectivity index (χ3n) is 2.80. The number of hydrogen-bond donors (Lipinski definition) is 1. The van der Waals surface area contributed by atoms with Gasteiger partial charge in [0.25, 0.3) is 0 Å². The second kappa shape index (κ2) is 5.69. The minimum absolute atomic E-state index is 0.0108. The number of Topliss-reactive ketones (excluding diaryl/α,β-unsaturated/α-hetero) is 1. The zero-order chi connectivity index (χ0) is 13.0. The Labute approximate surface area is 93.0 Å². The molecule has 0 unspecified atom stereocenters. The predicted octanol–water partition coefficient (Wildman–Crippen LogP) is 2.41. The van der Waals surface area contributed by atoms with Crippen LogP contribution in [0.2, 0.25) is 0 Å². The van der Waals surface area contributed by atoms with Crippen molar-refractivity contribution in [2.75, 3.05) is 0 Å². The molecular weight excluding hydrogens is 192 g/mol. The number of rotatable bonds is 5. The zero-order valence-electron chi connectivity index (χ0n) is 11.0. The van der Waals surface area contributed by atoms with Gasteiger partial charge in [-0.15, -0.1) is 0 Å². The fourth-order valence-corrected chi connectivity index (χ4v) is 2.03. The summed E-state index contributed by atoms with van der Waals surface area (Å²) in [6, 6.07) is 0.405. The number of ketones is 1. The molecular formula is C12H18O3. The van der Waals surface area contributed by atoms with E-state index in [1.165, 1.54) is 0 Å². The van der Waals surface area contributed by atoms with Crippen molar-refractivity contribution >= 4 is 11.8 Å². The third kappa shape index (κ3) is 3.50. The molecule has 1 saturated carbocycles. The third-order valence-corrected chi connectivity index (χ3v) is 2.80. The highest BCUT2D eigenvalue weighted by Crippen LogP contribution is 2.33. The van der Waals surface area contributed by atoms with Gasteiger partial charge in [-0.3, -0.25) is 9.59 Å².